The molecule has 0 saturated carbocycles. The van der Waals surface area contributed by atoms with Crippen molar-refractivity contribution in [1.29, 1.82) is 0 Å². The number of nitrogens with zero attached hydrogens (tertiary/aromatic N) is 2. The molecule has 2 aromatic heterocycles. The first-order valence-corrected chi connectivity index (χ1v) is 4.07. The van der Waals surface area contributed by atoms with Crippen LogP contribution in [0.2, 0.25) is 0 Å². The summed E-state index contributed by atoms with van der Waals surface area (Å²) in [5.74, 6) is 1.08. The van der Waals surface area contributed by atoms with Crippen LogP contribution in [0.5, 0.6) is 0 Å². The predicted molar refractivity (Wildman–Crippen MR) is 46.5 cm³/mol. The van der Waals surface area contributed by atoms with Crippen molar-refractivity contribution in [1.82, 2.24) is 15.0 Å². The zero-order chi connectivity index (χ0) is 9.42. The third-order valence-electron chi connectivity index (χ3n) is 1.73. The summed E-state index contributed by atoms with van der Waals surface area (Å²) in [4.78, 5) is 21.9. The molecule has 0 aliphatic rings. The Kier molecular flexibility index (Phi) is 1.65. The average molecular weight is 179 g/mol. The first kappa shape index (κ1) is 7.97. The molecule has 0 saturated heterocycles. The lowest BCUT2D eigenvalue weighted by atomic mass is 10.5. The summed E-state index contributed by atoms with van der Waals surface area (Å²) < 4.78 is 5.24. The zero-order valence-corrected chi connectivity index (χ0v) is 7.42. The van der Waals surface area contributed by atoms with E-state index in [9.17, 15) is 4.79 Å². The van der Waals surface area contributed by atoms with Crippen LogP contribution >= 0.6 is 0 Å². The van der Waals surface area contributed by atoms with E-state index >= 15 is 0 Å². The Labute approximate surface area is 73.8 Å². The summed E-state index contributed by atoms with van der Waals surface area (Å²) in [5, 5.41) is 0. The topological polar surface area (TPSA) is 71.8 Å². The van der Waals surface area contributed by atoms with Crippen LogP contribution in [-0.4, -0.2) is 15.0 Å². The van der Waals surface area contributed by atoms with Gasteiger partial charge in [0.1, 0.15) is 5.82 Å². The maximum absolute atomic E-state index is 11.3. The van der Waals surface area contributed by atoms with Crippen LogP contribution < -0.4 is 5.56 Å². The summed E-state index contributed by atoms with van der Waals surface area (Å²) in [6, 6.07) is 0. The van der Waals surface area contributed by atoms with Crippen LogP contribution in [0.1, 0.15) is 18.6 Å². The van der Waals surface area contributed by atoms with Gasteiger partial charge < -0.3 is 9.40 Å². The van der Waals surface area contributed by atoms with Crippen LogP contribution in [0.4, 0.5) is 0 Å². The standard InChI is InChI=1S/C8H9N3O2/c1-3-5-11-6-7(12)9-4(2)10-8(6)13-5/h3H2,1-2H3,(H,9,10,12). The van der Waals surface area contributed by atoms with E-state index in [0.29, 0.717) is 23.8 Å². The molecule has 2 aromatic rings. The maximum atomic E-state index is 11.3. The number of hydrogen-bond acceptors (Lipinski definition) is 4. The Morgan fingerprint density at radius 3 is 2.92 bits per heavy atom. The van der Waals surface area contributed by atoms with E-state index in [1.165, 1.54) is 0 Å². The molecule has 5 nitrogen and oxygen atoms in total. The molecule has 0 aliphatic heterocycles. The van der Waals surface area contributed by atoms with E-state index in [4.69, 9.17) is 4.42 Å². The lowest BCUT2D eigenvalue weighted by Crippen LogP contribution is -2.09. The normalized spacial score (nSPS) is 10.9. The van der Waals surface area contributed by atoms with Gasteiger partial charge in [-0.3, -0.25) is 4.79 Å². The molecular weight excluding hydrogens is 170 g/mol. The van der Waals surface area contributed by atoms with Crippen LogP contribution in [0, 0.1) is 6.92 Å². The van der Waals surface area contributed by atoms with Crippen LogP contribution in [-0.2, 0) is 6.42 Å². The predicted octanol–water partition coefficient (Wildman–Crippen LogP) is 0.782. The molecule has 0 fully saturated rings. The number of aryl methyl sites for hydroxylation is 2. The van der Waals surface area contributed by atoms with Gasteiger partial charge in [0, 0.05) is 6.42 Å². The van der Waals surface area contributed by atoms with E-state index in [0.717, 1.165) is 0 Å². The van der Waals surface area contributed by atoms with Gasteiger partial charge in [-0.15, -0.1) is 0 Å². The van der Waals surface area contributed by atoms with E-state index in [1.54, 1.807) is 6.92 Å². The van der Waals surface area contributed by atoms with Crippen LogP contribution in [0.25, 0.3) is 11.2 Å². The minimum absolute atomic E-state index is 0.244. The van der Waals surface area contributed by atoms with Gasteiger partial charge in [0.25, 0.3) is 11.3 Å². The van der Waals surface area contributed by atoms with E-state index in [-0.39, 0.29) is 11.1 Å². The molecule has 0 unspecified atom stereocenters. The fourth-order valence-corrected chi connectivity index (χ4v) is 1.13. The van der Waals surface area contributed by atoms with Gasteiger partial charge in [0.05, 0.1) is 0 Å². The summed E-state index contributed by atoms with van der Waals surface area (Å²) in [5.41, 5.74) is 0.353. The Morgan fingerprint density at radius 2 is 2.23 bits per heavy atom. The number of nitrogens with one attached hydrogen (secondary N) is 1. The second-order valence-electron chi connectivity index (χ2n) is 2.77. The third kappa shape index (κ3) is 1.22. The average Bonchev–Trinajstić information content (AvgIpc) is 2.47. The van der Waals surface area contributed by atoms with Gasteiger partial charge in [0.2, 0.25) is 0 Å². The first-order chi connectivity index (χ1) is 6.20. The Bertz CT molecular complexity index is 498. The molecule has 68 valence electrons. The van der Waals surface area contributed by atoms with Gasteiger partial charge >= 0.3 is 0 Å². The zero-order valence-electron chi connectivity index (χ0n) is 7.42. The highest BCUT2D eigenvalue weighted by atomic mass is 16.4. The highest BCUT2D eigenvalue weighted by Gasteiger charge is 2.09. The Hall–Kier alpha value is -1.65. The number of oxazole rings is 1. The SMILES string of the molecule is CCc1nc2c(=O)[nH]c(C)nc2o1. The summed E-state index contributed by atoms with van der Waals surface area (Å²) in [6.45, 7) is 3.61. The lowest BCUT2D eigenvalue weighted by Gasteiger charge is -1.88. The van der Waals surface area contributed by atoms with Gasteiger partial charge in [0.15, 0.2) is 11.4 Å². The fraction of sp³-hybridized carbons (Fsp3) is 0.375. The van der Waals surface area contributed by atoms with Crippen molar-refractivity contribution in [2.24, 2.45) is 0 Å². The van der Waals surface area contributed by atoms with E-state index in [1.807, 2.05) is 6.92 Å². The first-order valence-electron chi connectivity index (χ1n) is 4.07. The van der Waals surface area contributed by atoms with Crippen molar-refractivity contribution >= 4 is 11.2 Å². The molecule has 0 aliphatic carbocycles. The minimum Gasteiger partial charge on any atom is -0.422 e. The molecule has 2 heterocycles. The van der Waals surface area contributed by atoms with Crippen molar-refractivity contribution in [3.05, 3.63) is 22.1 Å². The molecule has 13 heavy (non-hydrogen) atoms. The minimum atomic E-state index is -0.244. The summed E-state index contributed by atoms with van der Waals surface area (Å²) in [6.07, 6.45) is 0.662. The van der Waals surface area contributed by atoms with Crippen LogP contribution in [0.3, 0.4) is 0 Å². The molecule has 1 N–H and O–H groups in total. The lowest BCUT2D eigenvalue weighted by molar-refractivity contribution is 0.528. The molecule has 2 rings (SSSR count). The molecule has 0 radical (unpaired) electrons. The monoisotopic (exact) mass is 179 g/mol. The number of hydrogen-bond donors (Lipinski definition) is 1. The van der Waals surface area contributed by atoms with E-state index in [2.05, 4.69) is 15.0 Å². The Balaban J connectivity index is 2.83. The molecular formula is C8H9N3O2. The summed E-state index contributed by atoms with van der Waals surface area (Å²) in [7, 11) is 0. The highest BCUT2D eigenvalue weighted by molar-refractivity contribution is 5.66. The van der Waals surface area contributed by atoms with Crippen molar-refractivity contribution in [2.45, 2.75) is 20.3 Å². The van der Waals surface area contributed by atoms with Crippen molar-refractivity contribution in [3.63, 3.8) is 0 Å². The van der Waals surface area contributed by atoms with Crippen molar-refractivity contribution in [2.75, 3.05) is 0 Å². The third-order valence-corrected chi connectivity index (χ3v) is 1.73. The maximum Gasteiger partial charge on any atom is 0.280 e. The van der Waals surface area contributed by atoms with Crippen LogP contribution in [0.15, 0.2) is 9.21 Å². The number of rotatable bonds is 1. The number of fused-ring (bicyclic) bond motifs is 1. The molecule has 0 bridgehead atoms. The van der Waals surface area contributed by atoms with Crippen molar-refractivity contribution in [3.8, 4) is 0 Å². The smallest absolute Gasteiger partial charge is 0.280 e. The number of H-pyrrole nitrogens is 1. The fourth-order valence-electron chi connectivity index (χ4n) is 1.13. The second kappa shape index (κ2) is 2.69. The number of aromatic amines is 1. The van der Waals surface area contributed by atoms with Gasteiger partial charge in [-0.2, -0.15) is 4.98 Å². The molecule has 5 heteroatoms. The molecule has 0 atom stereocenters. The number of aromatic nitrogens is 3. The molecule has 0 amide bonds. The summed E-state index contributed by atoms with van der Waals surface area (Å²) >= 11 is 0. The van der Waals surface area contributed by atoms with Gasteiger partial charge in [-0.05, 0) is 6.92 Å². The molecule has 0 spiro atoms. The Morgan fingerprint density at radius 1 is 1.46 bits per heavy atom. The van der Waals surface area contributed by atoms with Crippen molar-refractivity contribution < 1.29 is 4.42 Å². The van der Waals surface area contributed by atoms with E-state index < -0.39 is 0 Å². The largest absolute Gasteiger partial charge is 0.422 e. The van der Waals surface area contributed by atoms with Gasteiger partial charge in [-0.1, -0.05) is 6.92 Å². The highest BCUT2D eigenvalue weighted by Crippen LogP contribution is 2.08. The quantitative estimate of drug-likeness (QED) is 0.702. The second-order valence-corrected chi connectivity index (χ2v) is 2.77. The van der Waals surface area contributed by atoms with Gasteiger partial charge in [-0.25, -0.2) is 4.98 Å². The molecule has 0 aromatic carbocycles.